The lowest BCUT2D eigenvalue weighted by atomic mass is 10.2. The highest BCUT2D eigenvalue weighted by Crippen LogP contribution is 2.16. The molecule has 3 aromatic rings. The van der Waals surface area contributed by atoms with Gasteiger partial charge in [-0.15, -0.1) is 4.83 Å². The maximum atomic E-state index is 12.5. The van der Waals surface area contributed by atoms with Crippen molar-refractivity contribution in [2.45, 2.75) is 11.4 Å². The normalized spacial score (nSPS) is 16.2. The van der Waals surface area contributed by atoms with E-state index in [0.29, 0.717) is 32.8 Å². The van der Waals surface area contributed by atoms with Gasteiger partial charge in [-0.2, -0.15) is 0 Å². The summed E-state index contributed by atoms with van der Waals surface area (Å²) in [6.45, 7) is 2.79. The van der Waals surface area contributed by atoms with Gasteiger partial charge in [-0.3, -0.25) is 0 Å². The molecule has 0 unspecified atom stereocenters. The van der Waals surface area contributed by atoms with E-state index in [1.807, 2.05) is 41.0 Å². The van der Waals surface area contributed by atoms with E-state index in [-0.39, 0.29) is 4.90 Å². The summed E-state index contributed by atoms with van der Waals surface area (Å²) >= 11 is 0. The molecule has 1 aromatic heterocycles. The maximum absolute atomic E-state index is 12.5. The first-order chi connectivity index (χ1) is 12.6. The minimum atomic E-state index is -3.57. The Kier molecular flexibility index (Phi) is 4.73. The van der Waals surface area contributed by atoms with Crippen LogP contribution in [0.15, 0.2) is 59.8 Å². The molecule has 8 heteroatoms. The Labute approximate surface area is 152 Å². The molecule has 7 nitrogen and oxygen atoms in total. The molecule has 0 bridgehead atoms. The van der Waals surface area contributed by atoms with Gasteiger partial charge in [-0.1, -0.05) is 24.3 Å². The first kappa shape index (κ1) is 17.2. The number of nitrogens with zero attached hydrogens (tertiary/aromatic N) is 3. The third kappa shape index (κ3) is 3.63. The largest absolute Gasteiger partial charge is 0.379 e. The number of para-hydroxylation sites is 2. The monoisotopic (exact) mass is 372 g/mol. The van der Waals surface area contributed by atoms with Crippen LogP contribution >= 0.6 is 0 Å². The molecule has 2 heterocycles. The molecule has 2 aromatic carbocycles. The van der Waals surface area contributed by atoms with Gasteiger partial charge in [0, 0.05) is 19.6 Å². The number of morpholine rings is 1. The van der Waals surface area contributed by atoms with Crippen LogP contribution < -0.4 is 4.83 Å². The van der Waals surface area contributed by atoms with Crippen molar-refractivity contribution < 1.29 is 13.2 Å². The van der Waals surface area contributed by atoms with Gasteiger partial charge in [0.25, 0.3) is 10.0 Å². The number of benzene rings is 2. The molecule has 1 aliphatic rings. The van der Waals surface area contributed by atoms with Crippen molar-refractivity contribution in [1.29, 1.82) is 0 Å². The second kappa shape index (κ2) is 7.16. The molecule has 0 amide bonds. The van der Waals surface area contributed by atoms with Gasteiger partial charge in [0.2, 0.25) is 0 Å². The third-order valence-corrected chi connectivity index (χ3v) is 5.77. The van der Waals surface area contributed by atoms with E-state index in [4.69, 9.17) is 4.74 Å². The van der Waals surface area contributed by atoms with Gasteiger partial charge < -0.3 is 9.30 Å². The fourth-order valence-corrected chi connectivity index (χ4v) is 4.11. The second-order valence-corrected chi connectivity index (χ2v) is 7.86. The molecular weight excluding hydrogens is 352 g/mol. The number of ether oxygens (including phenoxy) is 1. The average Bonchev–Trinajstić information content (AvgIpc) is 3.06. The summed E-state index contributed by atoms with van der Waals surface area (Å²) in [6, 6.07) is 14.9. The zero-order chi connectivity index (χ0) is 18.0. The summed E-state index contributed by atoms with van der Waals surface area (Å²) in [5.74, 6) is 0. The van der Waals surface area contributed by atoms with Crippen LogP contribution in [0.5, 0.6) is 0 Å². The van der Waals surface area contributed by atoms with Gasteiger partial charge >= 0.3 is 0 Å². The predicted octanol–water partition coefficient (Wildman–Crippen LogP) is 1.61. The number of rotatable bonds is 5. The lowest BCUT2D eigenvalue weighted by Gasteiger charge is -2.26. The Morgan fingerprint density at radius 1 is 1.04 bits per heavy atom. The van der Waals surface area contributed by atoms with E-state index in [2.05, 4.69) is 9.82 Å². The zero-order valence-electron chi connectivity index (χ0n) is 14.2. The molecule has 1 saturated heterocycles. The molecule has 1 N–H and O–H groups in total. The average molecular weight is 372 g/mol. The van der Waals surface area contributed by atoms with Crippen LogP contribution in [-0.2, 0) is 21.3 Å². The Balaban J connectivity index is 1.49. The van der Waals surface area contributed by atoms with Gasteiger partial charge in [0.05, 0.1) is 35.5 Å². The van der Waals surface area contributed by atoms with Crippen LogP contribution in [0, 0.1) is 0 Å². The molecule has 0 aliphatic carbocycles. The van der Waals surface area contributed by atoms with E-state index in [1.54, 1.807) is 23.5 Å². The number of hydrazine groups is 1. The molecule has 0 atom stereocenters. The predicted molar refractivity (Wildman–Crippen MR) is 98.0 cm³/mol. The Hall–Kier alpha value is -2.26. The number of sulfonamides is 1. The molecular formula is C18H20N4O3S. The van der Waals surface area contributed by atoms with E-state index >= 15 is 0 Å². The maximum Gasteiger partial charge on any atom is 0.253 e. The van der Waals surface area contributed by atoms with Gasteiger partial charge in [-0.05, 0) is 29.8 Å². The fourth-order valence-electron chi connectivity index (χ4n) is 2.98. The Morgan fingerprint density at radius 2 is 1.77 bits per heavy atom. The first-order valence-electron chi connectivity index (χ1n) is 8.46. The van der Waals surface area contributed by atoms with Crippen LogP contribution in [0.1, 0.15) is 5.56 Å². The summed E-state index contributed by atoms with van der Waals surface area (Å²) in [5, 5.41) is 1.67. The number of imidazole rings is 1. The molecule has 4 rings (SSSR count). The van der Waals surface area contributed by atoms with Crippen LogP contribution in [0.3, 0.4) is 0 Å². The smallest absolute Gasteiger partial charge is 0.253 e. The van der Waals surface area contributed by atoms with E-state index < -0.39 is 10.0 Å². The number of fused-ring (bicyclic) bond motifs is 1. The summed E-state index contributed by atoms with van der Waals surface area (Å²) in [5.41, 5.74) is 3.01. The Morgan fingerprint density at radius 3 is 2.54 bits per heavy atom. The minimum absolute atomic E-state index is 0.253. The van der Waals surface area contributed by atoms with E-state index in [0.717, 1.165) is 16.6 Å². The lowest BCUT2D eigenvalue weighted by molar-refractivity contribution is 0.0272. The van der Waals surface area contributed by atoms with Crippen LogP contribution in [-0.4, -0.2) is 49.3 Å². The topological polar surface area (TPSA) is 76.5 Å². The van der Waals surface area contributed by atoms with Gasteiger partial charge in [-0.25, -0.2) is 18.4 Å². The highest BCUT2D eigenvalue weighted by atomic mass is 32.2. The number of hydrogen-bond donors (Lipinski definition) is 1. The molecule has 1 fully saturated rings. The van der Waals surface area contributed by atoms with Crippen molar-refractivity contribution in [1.82, 2.24) is 19.4 Å². The molecule has 136 valence electrons. The van der Waals surface area contributed by atoms with Crippen molar-refractivity contribution in [3.05, 3.63) is 60.4 Å². The number of aromatic nitrogens is 2. The quantitative estimate of drug-likeness (QED) is 0.736. The summed E-state index contributed by atoms with van der Waals surface area (Å²) < 4.78 is 32.3. The first-order valence-corrected chi connectivity index (χ1v) is 9.94. The number of nitrogens with one attached hydrogen (secondary N) is 1. The van der Waals surface area contributed by atoms with Crippen molar-refractivity contribution in [2.75, 3.05) is 26.3 Å². The van der Waals surface area contributed by atoms with Crippen LogP contribution in [0.2, 0.25) is 0 Å². The van der Waals surface area contributed by atoms with Crippen molar-refractivity contribution >= 4 is 21.1 Å². The molecule has 0 saturated carbocycles. The SMILES string of the molecule is O=S(=O)(NN1CCOCC1)c1ccc(Cn2cnc3ccccc32)cc1. The Bertz CT molecular complexity index is 993. The third-order valence-electron chi connectivity index (χ3n) is 4.37. The van der Waals surface area contributed by atoms with Crippen molar-refractivity contribution in [2.24, 2.45) is 0 Å². The molecule has 0 spiro atoms. The van der Waals surface area contributed by atoms with E-state index in [9.17, 15) is 8.42 Å². The standard InChI is InChI=1S/C18H20N4O3S/c23-26(24,20-22-9-11-25-12-10-22)16-7-5-15(6-8-16)13-21-14-19-17-3-1-2-4-18(17)21/h1-8,14,20H,9-13H2. The summed E-state index contributed by atoms with van der Waals surface area (Å²) in [7, 11) is -3.57. The zero-order valence-corrected chi connectivity index (χ0v) is 15.0. The lowest BCUT2D eigenvalue weighted by Crippen LogP contribution is -2.48. The summed E-state index contributed by atoms with van der Waals surface area (Å²) in [6.07, 6.45) is 1.80. The van der Waals surface area contributed by atoms with Gasteiger partial charge in [0.1, 0.15) is 0 Å². The second-order valence-electron chi connectivity index (χ2n) is 6.20. The van der Waals surface area contributed by atoms with Crippen LogP contribution in [0.4, 0.5) is 0 Å². The fraction of sp³-hybridized carbons (Fsp3) is 0.278. The van der Waals surface area contributed by atoms with Gasteiger partial charge in [0.15, 0.2) is 0 Å². The van der Waals surface area contributed by atoms with Crippen molar-refractivity contribution in [3.8, 4) is 0 Å². The van der Waals surface area contributed by atoms with Crippen molar-refractivity contribution in [3.63, 3.8) is 0 Å². The highest BCUT2D eigenvalue weighted by molar-refractivity contribution is 7.89. The minimum Gasteiger partial charge on any atom is -0.379 e. The molecule has 1 aliphatic heterocycles. The van der Waals surface area contributed by atoms with Crippen LogP contribution in [0.25, 0.3) is 11.0 Å². The highest BCUT2D eigenvalue weighted by Gasteiger charge is 2.20. The number of hydrogen-bond acceptors (Lipinski definition) is 5. The van der Waals surface area contributed by atoms with E-state index in [1.165, 1.54) is 0 Å². The molecule has 0 radical (unpaired) electrons. The summed E-state index contributed by atoms with van der Waals surface area (Å²) in [4.78, 5) is 7.24. The molecule has 26 heavy (non-hydrogen) atoms.